The highest BCUT2D eigenvalue weighted by atomic mass is 32.3. The van der Waals surface area contributed by atoms with E-state index >= 15 is 0 Å². The molecule has 2 nitrogen and oxygen atoms in total. The van der Waals surface area contributed by atoms with Gasteiger partial charge in [0.05, 0.1) is 0 Å². The number of hydrogen-bond acceptors (Lipinski definition) is 1. The Labute approximate surface area is 108 Å². The maximum Gasteiger partial charge on any atom is 0.219 e. The predicted octanol–water partition coefficient (Wildman–Crippen LogP) is 3.25. The summed E-state index contributed by atoms with van der Waals surface area (Å²) in [4.78, 5) is 13.4. The molecule has 2 unspecified atom stereocenters. The third kappa shape index (κ3) is 3.90. The summed E-state index contributed by atoms with van der Waals surface area (Å²) in [6, 6.07) is 0.495. The van der Waals surface area contributed by atoms with E-state index in [0.29, 0.717) is 6.04 Å². The first kappa shape index (κ1) is 14.9. The van der Waals surface area contributed by atoms with Gasteiger partial charge < -0.3 is 4.90 Å². The highest BCUT2D eigenvalue weighted by Gasteiger charge is 2.32. The van der Waals surface area contributed by atoms with E-state index in [1.54, 1.807) is 6.92 Å². The molecule has 0 spiro atoms. The molecule has 0 aliphatic heterocycles. The van der Waals surface area contributed by atoms with E-state index < -0.39 is 10.0 Å². The molecule has 1 amide bonds. The fourth-order valence-electron chi connectivity index (χ4n) is 3.00. The Hall–Kier alpha value is -0.180. The lowest BCUT2D eigenvalue weighted by molar-refractivity contribution is -0.130. The van der Waals surface area contributed by atoms with E-state index in [-0.39, 0.29) is 5.91 Å². The Kier molecular flexibility index (Phi) is 5.36. The monoisotopic (exact) mass is 259 g/mol. The van der Waals surface area contributed by atoms with Crippen molar-refractivity contribution in [3.63, 3.8) is 0 Å². The highest BCUT2D eigenvalue weighted by molar-refractivity contribution is 8.33. The molecule has 102 valence electrons. The lowest BCUT2D eigenvalue weighted by Crippen LogP contribution is -2.41. The largest absolute Gasteiger partial charge is 0.343 e. The Morgan fingerprint density at radius 1 is 1.35 bits per heavy atom. The van der Waals surface area contributed by atoms with Crippen LogP contribution in [0.15, 0.2) is 0 Å². The van der Waals surface area contributed by atoms with E-state index in [2.05, 4.69) is 19.4 Å². The van der Waals surface area contributed by atoms with Crippen LogP contribution in [0.4, 0.5) is 0 Å². The number of carbonyl (C=O) groups is 1. The molecule has 0 aromatic rings. The molecule has 2 atom stereocenters. The van der Waals surface area contributed by atoms with Gasteiger partial charge in [-0.15, -0.1) is 0 Å². The van der Waals surface area contributed by atoms with Crippen LogP contribution in [0.3, 0.4) is 0 Å². The van der Waals surface area contributed by atoms with Gasteiger partial charge in [-0.25, -0.2) is 10.0 Å². The van der Waals surface area contributed by atoms with Crippen molar-refractivity contribution in [2.24, 2.45) is 0 Å². The van der Waals surface area contributed by atoms with Crippen LogP contribution in [0.5, 0.6) is 0 Å². The van der Waals surface area contributed by atoms with Crippen molar-refractivity contribution >= 4 is 15.9 Å². The van der Waals surface area contributed by atoms with Crippen molar-refractivity contribution in [3.8, 4) is 0 Å². The standard InChI is InChI=1S/C14H29NOS/c1-6-10-17(4,5)14-9-7-8-13(11-14)15(3)12(2)16/h13-14H,6-11H2,1-5H3. The van der Waals surface area contributed by atoms with Crippen molar-refractivity contribution in [1.82, 2.24) is 4.90 Å². The van der Waals surface area contributed by atoms with Crippen molar-refractivity contribution in [1.29, 1.82) is 0 Å². The minimum atomic E-state index is -0.464. The van der Waals surface area contributed by atoms with Gasteiger partial charge in [0.1, 0.15) is 0 Å². The molecule has 1 saturated carbocycles. The van der Waals surface area contributed by atoms with Gasteiger partial charge in [0.2, 0.25) is 5.91 Å². The number of amides is 1. The number of carbonyl (C=O) groups excluding carboxylic acids is 1. The molecule has 0 heterocycles. The summed E-state index contributed by atoms with van der Waals surface area (Å²) in [5.41, 5.74) is 0. The summed E-state index contributed by atoms with van der Waals surface area (Å²) < 4.78 is 0. The second kappa shape index (κ2) is 6.12. The summed E-state index contributed by atoms with van der Waals surface area (Å²) in [5, 5.41) is 0.864. The summed E-state index contributed by atoms with van der Waals surface area (Å²) in [6.07, 6.45) is 11.4. The van der Waals surface area contributed by atoms with Crippen molar-refractivity contribution in [2.75, 3.05) is 25.3 Å². The zero-order chi connectivity index (χ0) is 13.1. The molecule has 3 heteroatoms. The molecular formula is C14H29NOS. The van der Waals surface area contributed by atoms with Crippen LogP contribution in [0.1, 0.15) is 46.0 Å². The molecule has 0 saturated heterocycles. The molecule has 1 aliphatic carbocycles. The first-order valence-corrected chi connectivity index (χ1v) is 9.50. The predicted molar refractivity (Wildman–Crippen MR) is 79.1 cm³/mol. The van der Waals surface area contributed by atoms with Crippen LogP contribution >= 0.6 is 10.0 Å². The highest BCUT2D eigenvalue weighted by Crippen LogP contribution is 2.51. The summed E-state index contributed by atoms with van der Waals surface area (Å²) in [5.74, 6) is 1.60. The van der Waals surface area contributed by atoms with Gasteiger partial charge in [0.15, 0.2) is 0 Å². The molecule has 0 radical (unpaired) electrons. The van der Waals surface area contributed by atoms with Crippen molar-refractivity contribution in [2.45, 2.75) is 57.2 Å². The van der Waals surface area contributed by atoms with Gasteiger partial charge in [-0.05, 0) is 49.2 Å². The first-order valence-electron chi connectivity index (χ1n) is 6.81. The summed E-state index contributed by atoms with van der Waals surface area (Å²) in [6.45, 7) is 3.98. The van der Waals surface area contributed by atoms with Gasteiger partial charge in [-0.3, -0.25) is 4.79 Å². The summed E-state index contributed by atoms with van der Waals surface area (Å²) in [7, 11) is 1.51. The number of hydrogen-bond donors (Lipinski definition) is 0. The maximum absolute atomic E-state index is 11.5. The fraction of sp³-hybridized carbons (Fsp3) is 0.929. The SMILES string of the molecule is CCCS(C)(C)C1CCCC(N(C)C(C)=O)C1. The molecular weight excluding hydrogens is 230 g/mol. The maximum atomic E-state index is 11.5. The van der Waals surface area contributed by atoms with Crippen molar-refractivity contribution < 1.29 is 4.79 Å². The minimum Gasteiger partial charge on any atom is -0.343 e. The van der Waals surface area contributed by atoms with Gasteiger partial charge in [-0.2, -0.15) is 0 Å². The van der Waals surface area contributed by atoms with E-state index in [1.807, 2.05) is 11.9 Å². The molecule has 1 fully saturated rings. The average Bonchev–Trinajstić information content (AvgIpc) is 2.28. The van der Waals surface area contributed by atoms with E-state index in [9.17, 15) is 4.79 Å². The number of nitrogens with zero attached hydrogens (tertiary/aromatic N) is 1. The van der Waals surface area contributed by atoms with Crippen molar-refractivity contribution in [3.05, 3.63) is 0 Å². The van der Waals surface area contributed by atoms with Crippen LogP contribution in [-0.2, 0) is 4.79 Å². The molecule has 0 N–H and O–H groups in total. The normalized spacial score (nSPS) is 26.6. The molecule has 0 aromatic carbocycles. The second-order valence-electron chi connectivity index (χ2n) is 5.90. The topological polar surface area (TPSA) is 20.3 Å². The molecule has 0 bridgehead atoms. The van der Waals surface area contributed by atoms with Gasteiger partial charge >= 0.3 is 0 Å². The van der Waals surface area contributed by atoms with Crippen LogP contribution in [0.2, 0.25) is 0 Å². The van der Waals surface area contributed by atoms with Crippen LogP contribution in [0, 0.1) is 0 Å². The Bertz CT molecular complexity index is 265. The third-order valence-corrected chi connectivity index (χ3v) is 7.97. The van der Waals surface area contributed by atoms with Crippen LogP contribution in [-0.4, -0.2) is 47.4 Å². The fourth-order valence-corrected chi connectivity index (χ4v) is 5.93. The quantitative estimate of drug-likeness (QED) is 0.759. The summed E-state index contributed by atoms with van der Waals surface area (Å²) >= 11 is 0. The first-order chi connectivity index (χ1) is 7.88. The molecule has 17 heavy (non-hydrogen) atoms. The Morgan fingerprint density at radius 3 is 2.53 bits per heavy atom. The lowest BCUT2D eigenvalue weighted by Gasteiger charge is -2.46. The van der Waals surface area contributed by atoms with E-state index in [1.165, 1.54) is 37.9 Å². The molecule has 1 aliphatic rings. The molecule has 0 aromatic heterocycles. The zero-order valence-corrected chi connectivity index (χ0v) is 13.0. The van der Waals surface area contributed by atoms with Gasteiger partial charge in [0, 0.05) is 20.0 Å². The average molecular weight is 259 g/mol. The lowest BCUT2D eigenvalue weighted by atomic mass is 9.94. The second-order valence-corrected chi connectivity index (χ2v) is 10.2. The van der Waals surface area contributed by atoms with Gasteiger partial charge in [-0.1, -0.05) is 13.3 Å². The van der Waals surface area contributed by atoms with Crippen LogP contribution < -0.4 is 0 Å². The Balaban J connectivity index is 2.63. The third-order valence-electron chi connectivity index (χ3n) is 4.28. The van der Waals surface area contributed by atoms with Crippen LogP contribution in [0.25, 0.3) is 0 Å². The smallest absolute Gasteiger partial charge is 0.219 e. The van der Waals surface area contributed by atoms with E-state index in [0.717, 1.165) is 5.25 Å². The minimum absolute atomic E-state index is 0.221. The van der Waals surface area contributed by atoms with E-state index in [4.69, 9.17) is 0 Å². The Morgan fingerprint density at radius 2 is 2.00 bits per heavy atom. The van der Waals surface area contributed by atoms with Gasteiger partial charge in [0.25, 0.3) is 0 Å². The zero-order valence-electron chi connectivity index (χ0n) is 12.2. The number of rotatable bonds is 4. The molecule has 1 rings (SSSR count).